The van der Waals surface area contributed by atoms with Gasteiger partial charge in [-0.15, -0.1) is 0 Å². The molecule has 1 aliphatic carbocycles. The summed E-state index contributed by atoms with van der Waals surface area (Å²) in [5.41, 5.74) is 9.96. The molecule has 10 nitrogen and oxygen atoms in total. The van der Waals surface area contributed by atoms with Gasteiger partial charge in [0.2, 0.25) is 0 Å². The van der Waals surface area contributed by atoms with E-state index in [2.05, 4.69) is 31.6 Å². The number of carbonyl (C=O) groups is 2. The minimum absolute atomic E-state index is 0.107. The van der Waals surface area contributed by atoms with Crippen molar-refractivity contribution >= 4 is 34.1 Å². The Morgan fingerprint density at radius 1 is 1.15 bits per heavy atom. The van der Waals surface area contributed by atoms with Crippen LogP contribution in [0.25, 0.3) is 33.6 Å². The summed E-state index contributed by atoms with van der Waals surface area (Å²) in [7, 11) is 2.01. The Morgan fingerprint density at radius 2 is 1.95 bits per heavy atom. The number of amides is 2. The number of ether oxygens (including phenoxy) is 1. The van der Waals surface area contributed by atoms with E-state index < -0.39 is 11.7 Å². The SMILES string of the molecule is Cn1c(-c2cc3cccnc3n2CC2CC2)nc2cc(C(=O)N3CC[C@H](N)[C@H](NC(=O)OC(C)(C)C)C3)ccc21. The highest BCUT2D eigenvalue weighted by Gasteiger charge is 2.32. The maximum atomic E-state index is 13.6. The molecule has 0 bridgehead atoms. The fraction of sp³-hybridized carbons (Fsp3) is 0.467. The number of hydrogen-bond donors (Lipinski definition) is 2. The lowest BCUT2D eigenvalue weighted by Crippen LogP contribution is -2.59. The van der Waals surface area contributed by atoms with Gasteiger partial charge < -0.3 is 29.8 Å². The third kappa shape index (κ3) is 5.15. The Morgan fingerprint density at radius 3 is 2.70 bits per heavy atom. The molecule has 2 aliphatic rings. The van der Waals surface area contributed by atoms with Crippen LogP contribution in [0.3, 0.4) is 0 Å². The van der Waals surface area contributed by atoms with Crippen LogP contribution in [0.2, 0.25) is 0 Å². The molecular weight excluding hydrogens is 506 g/mol. The van der Waals surface area contributed by atoms with E-state index >= 15 is 0 Å². The van der Waals surface area contributed by atoms with Crippen molar-refractivity contribution in [1.29, 1.82) is 0 Å². The molecule has 0 unspecified atom stereocenters. The van der Waals surface area contributed by atoms with Gasteiger partial charge in [0.1, 0.15) is 11.2 Å². The molecule has 3 N–H and O–H groups in total. The first-order valence-corrected chi connectivity index (χ1v) is 14.0. The third-order valence-corrected chi connectivity index (χ3v) is 7.81. The summed E-state index contributed by atoms with van der Waals surface area (Å²) in [6.45, 7) is 7.20. The molecule has 2 fully saturated rings. The maximum Gasteiger partial charge on any atom is 0.407 e. The van der Waals surface area contributed by atoms with Crippen LogP contribution in [0.1, 0.15) is 50.4 Å². The summed E-state index contributed by atoms with van der Waals surface area (Å²) in [5, 5.41) is 3.95. The molecule has 0 spiro atoms. The van der Waals surface area contributed by atoms with Crippen LogP contribution in [0.4, 0.5) is 4.79 Å². The quantitative estimate of drug-likeness (QED) is 0.392. The normalized spacial score (nSPS) is 19.8. The minimum atomic E-state index is -0.613. The van der Waals surface area contributed by atoms with Crippen molar-refractivity contribution < 1.29 is 14.3 Å². The predicted molar refractivity (Wildman–Crippen MR) is 154 cm³/mol. The highest BCUT2D eigenvalue weighted by molar-refractivity contribution is 5.98. The van der Waals surface area contributed by atoms with E-state index in [1.54, 1.807) is 4.90 Å². The molecule has 210 valence electrons. The number of likely N-dealkylation sites (tertiary alicyclic amines) is 1. The number of benzene rings is 1. The Labute approximate surface area is 233 Å². The smallest absolute Gasteiger partial charge is 0.407 e. The van der Waals surface area contributed by atoms with Crippen molar-refractivity contribution in [2.75, 3.05) is 13.1 Å². The molecule has 1 saturated carbocycles. The van der Waals surface area contributed by atoms with Crippen LogP contribution >= 0.6 is 0 Å². The fourth-order valence-electron chi connectivity index (χ4n) is 5.53. The van der Waals surface area contributed by atoms with E-state index in [0.717, 1.165) is 40.1 Å². The van der Waals surface area contributed by atoms with Gasteiger partial charge in [0.25, 0.3) is 5.91 Å². The molecule has 1 aromatic carbocycles. The van der Waals surface area contributed by atoms with Gasteiger partial charge in [-0.25, -0.2) is 14.8 Å². The van der Waals surface area contributed by atoms with E-state index in [4.69, 9.17) is 15.5 Å². The molecular formula is C30H37N7O3. The van der Waals surface area contributed by atoms with Gasteiger partial charge >= 0.3 is 6.09 Å². The fourth-order valence-corrected chi connectivity index (χ4v) is 5.53. The number of fused-ring (bicyclic) bond motifs is 2. The number of nitrogens with two attached hydrogens (primary N) is 1. The number of alkyl carbamates (subject to hydrolysis) is 1. The monoisotopic (exact) mass is 543 g/mol. The number of imidazole rings is 1. The standard InChI is InChI=1S/C30H37N7O3/c1-30(2,3)40-29(39)34-23-17-36(13-11-21(23)31)28(38)20-9-10-24-22(14-20)33-27(35(24)4)25-15-19-6-5-12-32-26(19)37(25)16-18-7-8-18/h5-6,9-10,12,14-15,18,21,23H,7-8,11,13,16-17,31H2,1-4H3,(H,34,39)/t21-,23+/m0/s1. The zero-order valence-corrected chi connectivity index (χ0v) is 23.6. The van der Waals surface area contributed by atoms with Gasteiger partial charge in [0, 0.05) is 49.9 Å². The first-order valence-electron chi connectivity index (χ1n) is 14.0. The number of piperidine rings is 1. The minimum Gasteiger partial charge on any atom is -0.444 e. The van der Waals surface area contributed by atoms with Crippen LogP contribution < -0.4 is 11.1 Å². The molecule has 2 atom stereocenters. The first-order chi connectivity index (χ1) is 19.1. The van der Waals surface area contributed by atoms with E-state index in [1.165, 1.54) is 12.8 Å². The molecule has 2 amide bonds. The molecule has 3 aromatic heterocycles. The van der Waals surface area contributed by atoms with Crippen LogP contribution in [-0.2, 0) is 18.3 Å². The van der Waals surface area contributed by atoms with E-state index in [9.17, 15) is 9.59 Å². The van der Waals surface area contributed by atoms with Gasteiger partial charge in [-0.3, -0.25) is 4.79 Å². The number of hydrogen-bond acceptors (Lipinski definition) is 6. The molecule has 6 rings (SSSR count). The summed E-state index contributed by atoms with van der Waals surface area (Å²) in [6.07, 6.45) is 4.38. The average molecular weight is 544 g/mol. The molecule has 40 heavy (non-hydrogen) atoms. The highest BCUT2D eigenvalue weighted by atomic mass is 16.6. The first kappa shape index (κ1) is 26.3. The van der Waals surface area contributed by atoms with Crippen molar-refractivity contribution in [2.24, 2.45) is 18.7 Å². The van der Waals surface area contributed by atoms with E-state index in [-0.39, 0.29) is 18.0 Å². The summed E-state index contributed by atoms with van der Waals surface area (Å²) in [6, 6.07) is 11.2. The van der Waals surface area contributed by atoms with Gasteiger partial charge in [-0.1, -0.05) is 0 Å². The van der Waals surface area contributed by atoms with E-state index in [1.807, 2.05) is 58.3 Å². The number of carbonyl (C=O) groups excluding carboxylic acids is 2. The second-order valence-corrected chi connectivity index (χ2v) is 12.2. The Balaban J connectivity index is 1.26. The number of nitrogens with one attached hydrogen (secondary N) is 1. The molecule has 4 heterocycles. The molecule has 1 aliphatic heterocycles. The Bertz CT molecular complexity index is 1590. The second-order valence-electron chi connectivity index (χ2n) is 12.2. The number of aromatic nitrogens is 4. The van der Waals surface area contributed by atoms with Crippen molar-refractivity contribution in [2.45, 2.75) is 64.3 Å². The second kappa shape index (κ2) is 9.92. The number of pyridine rings is 1. The molecule has 10 heteroatoms. The van der Waals surface area contributed by atoms with Crippen molar-refractivity contribution in [3.05, 3.63) is 48.2 Å². The maximum absolute atomic E-state index is 13.6. The van der Waals surface area contributed by atoms with Gasteiger partial charge in [-0.05, 0) is 82.3 Å². The summed E-state index contributed by atoms with van der Waals surface area (Å²) < 4.78 is 9.77. The lowest BCUT2D eigenvalue weighted by atomic mass is 9.99. The summed E-state index contributed by atoms with van der Waals surface area (Å²) >= 11 is 0. The van der Waals surface area contributed by atoms with Gasteiger partial charge in [0.05, 0.1) is 22.8 Å². The van der Waals surface area contributed by atoms with Crippen LogP contribution in [0.15, 0.2) is 42.6 Å². The summed E-state index contributed by atoms with van der Waals surface area (Å²) in [5.74, 6) is 1.43. The zero-order valence-electron chi connectivity index (χ0n) is 23.6. The lowest BCUT2D eigenvalue weighted by molar-refractivity contribution is 0.0437. The average Bonchev–Trinajstić information content (AvgIpc) is 3.57. The topological polar surface area (TPSA) is 120 Å². The number of aryl methyl sites for hydroxylation is 1. The van der Waals surface area contributed by atoms with Crippen molar-refractivity contribution in [3.8, 4) is 11.5 Å². The molecule has 0 radical (unpaired) electrons. The lowest BCUT2D eigenvalue weighted by Gasteiger charge is -2.37. The van der Waals surface area contributed by atoms with Crippen molar-refractivity contribution in [1.82, 2.24) is 29.3 Å². The van der Waals surface area contributed by atoms with Gasteiger partial charge in [0.15, 0.2) is 5.82 Å². The predicted octanol–water partition coefficient (Wildman–Crippen LogP) is 4.07. The van der Waals surface area contributed by atoms with Crippen molar-refractivity contribution in [3.63, 3.8) is 0 Å². The Hall–Kier alpha value is -3.92. The zero-order chi connectivity index (χ0) is 28.2. The van der Waals surface area contributed by atoms with Crippen LogP contribution in [0.5, 0.6) is 0 Å². The molecule has 4 aromatic rings. The summed E-state index contributed by atoms with van der Waals surface area (Å²) in [4.78, 5) is 37.3. The number of nitrogens with zero attached hydrogens (tertiary/aromatic N) is 5. The number of rotatable bonds is 5. The van der Waals surface area contributed by atoms with Crippen LogP contribution in [-0.4, -0.2) is 66.8 Å². The largest absolute Gasteiger partial charge is 0.444 e. The van der Waals surface area contributed by atoms with E-state index in [0.29, 0.717) is 31.0 Å². The highest BCUT2D eigenvalue weighted by Crippen LogP contribution is 2.36. The third-order valence-electron chi connectivity index (χ3n) is 7.81. The Kier molecular flexibility index (Phi) is 6.53. The van der Waals surface area contributed by atoms with Gasteiger partial charge in [-0.2, -0.15) is 0 Å². The van der Waals surface area contributed by atoms with Crippen LogP contribution in [0, 0.1) is 5.92 Å². The molecule has 1 saturated heterocycles.